The van der Waals surface area contributed by atoms with Crippen molar-refractivity contribution in [1.82, 2.24) is 20.0 Å². The molecule has 0 unspecified atom stereocenters. The van der Waals surface area contributed by atoms with Crippen molar-refractivity contribution in [2.45, 2.75) is 77.7 Å². The smallest absolute Gasteiger partial charge is 0.103 e. The van der Waals surface area contributed by atoms with Gasteiger partial charge in [0.2, 0.25) is 0 Å². The van der Waals surface area contributed by atoms with E-state index in [-0.39, 0.29) is 11.3 Å². The number of thiophene rings is 1. The van der Waals surface area contributed by atoms with E-state index >= 15 is 0 Å². The molecule has 0 aliphatic heterocycles. The molecule has 0 bridgehead atoms. The third-order valence-electron chi connectivity index (χ3n) is 7.62. The summed E-state index contributed by atoms with van der Waals surface area (Å²) in [5.74, 6) is 0.159. The highest BCUT2D eigenvalue weighted by Crippen LogP contribution is 2.41. The number of aromatic nitrogens is 4. The van der Waals surface area contributed by atoms with Crippen LogP contribution in [0.15, 0.2) is 29.9 Å². The van der Waals surface area contributed by atoms with E-state index in [4.69, 9.17) is 5.10 Å². The number of hydrogen-bond acceptors (Lipinski definition) is 6. The monoisotopic (exact) mass is 636 g/mol. The number of nitrogens with one attached hydrogen (secondary N) is 1. The van der Waals surface area contributed by atoms with Crippen LogP contribution in [0, 0.1) is 20.3 Å². The molecule has 0 spiro atoms. The summed E-state index contributed by atoms with van der Waals surface area (Å²) in [4.78, 5) is 6.23. The number of aryl methyl sites for hydroxylation is 1. The Bertz CT molecular complexity index is 1530. The van der Waals surface area contributed by atoms with Gasteiger partial charge < -0.3 is 5.32 Å². The van der Waals surface area contributed by atoms with E-state index in [0.717, 1.165) is 45.2 Å². The molecule has 0 saturated heterocycles. The zero-order valence-electron chi connectivity index (χ0n) is 22.2. The molecule has 38 heavy (non-hydrogen) atoms. The summed E-state index contributed by atoms with van der Waals surface area (Å²) in [5, 5.41) is 26.1. The molecule has 2 aliphatic rings. The molecule has 1 fully saturated rings. The van der Waals surface area contributed by atoms with Gasteiger partial charge >= 0.3 is 0 Å². The summed E-state index contributed by atoms with van der Waals surface area (Å²) in [6, 6.07) is 7.37. The number of fused-ring (bicyclic) bond motifs is 2. The molecule has 1 saturated carbocycles. The van der Waals surface area contributed by atoms with E-state index in [0.29, 0.717) is 11.6 Å². The lowest BCUT2D eigenvalue weighted by Gasteiger charge is -2.22. The lowest BCUT2D eigenvalue weighted by atomic mass is 9.84. The molecule has 4 aromatic rings. The Labute approximate surface area is 242 Å². The zero-order chi connectivity index (χ0) is 26.4. The Morgan fingerprint density at radius 3 is 2.82 bits per heavy atom. The van der Waals surface area contributed by atoms with Crippen molar-refractivity contribution in [3.05, 3.63) is 66.3 Å². The van der Waals surface area contributed by atoms with Crippen LogP contribution in [0.25, 0.3) is 10.9 Å². The van der Waals surface area contributed by atoms with Crippen molar-refractivity contribution in [2.75, 3.05) is 11.9 Å². The van der Waals surface area contributed by atoms with Gasteiger partial charge in [-0.3, -0.25) is 4.98 Å². The van der Waals surface area contributed by atoms with E-state index in [9.17, 15) is 5.26 Å². The topological polar surface area (TPSA) is 79.4 Å². The third kappa shape index (κ3) is 5.20. The Hall–Kier alpha value is -2.51. The molecule has 1 atom stereocenters. The second kappa shape index (κ2) is 10.2. The van der Waals surface area contributed by atoms with Gasteiger partial charge in [-0.15, -0.1) is 16.4 Å². The molecule has 0 radical (unpaired) electrons. The summed E-state index contributed by atoms with van der Waals surface area (Å²) in [6.07, 6.45) is 12.0. The van der Waals surface area contributed by atoms with E-state index in [2.05, 4.69) is 93.3 Å². The summed E-state index contributed by atoms with van der Waals surface area (Å²) < 4.78 is 3.18. The molecule has 2 aliphatic carbocycles. The Kier molecular flexibility index (Phi) is 6.93. The van der Waals surface area contributed by atoms with Crippen molar-refractivity contribution in [2.24, 2.45) is 5.41 Å². The largest absolute Gasteiger partial charge is 0.383 e. The first-order valence-electron chi connectivity index (χ1n) is 13.6. The van der Waals surface area contributed by atoms with Crippen LogP contribution in [0.3, 0.4) is 0 Å². The van der Waals surface area contributed by atoms with Crippen molar-refractivity contribution in [1.29, 1.82) is 5.26 Å². The van der Waals surface area contributed by atoms with E-state index in [1.165, 1.54) is 43.2 Å². The third-order valence-corrected chi connectivity index (χ3v) is 9.54. The molecule has 3 aromatic heterocycles. The van der Waals surface area contributed by atoms with Gasteiger partial charge in [-0.1, -0.05) is 26.0 Å². The van der Waals surface area contributed by atoms with E-state index < -0.39 is 0 Å². The second-order valence-electron chi connectivity index (χ2n) is 12.0. The molecular formula is C30H33IN6S. The fourth-order valence-corrected chi connectivity index (χ4v) is 7.48. The standard InChI is InChI=1S/C30H33IN6S/c1-30(2,3)17-34-28-19(13-32)14-33-29-23(28)11-18(12-25(29)31)10-22(26-15-37(36-35-26)20-8-9-20)24-16-38-27-7-5-4-6-21(24)27/h11-12,14-16,20,22H,4-10,17H2,1-3H3,(H,33,34)/t22-/m0/s1. The first kappa shape index (κ1) is 25.8. The van der Waals surface area contributed by atoms with Crippen LogP contribution >= 0.6 is 33.9 Å². The van der Waals surface area contributed by atoms with Crippen LogP contribution in [0.5, 0.6) is 0 Å². The number of nitrogens with zero attached hydrogens (tertiary/aromatic N) is 5. The number of nitriles is 1. The number of benzene rings is 1. The minimum Gasteiger partial charge on any atom is -0.383 e. The summed E-state index contributed by atoms with van der Waals surface area (Å²) in [5.41, 5.74) is 7.77. The molecule has 3 heterocycles. The minimum absolute atomic E-state index is 0.0869. The highest BCUT2D eigenvalue weighted by Gasteiger charge is 2.29. The molecule has 1 aromatic carbocycles. The molecule has 1 N–H and O–H groups in total. The maximum atomic E-state index is 9.88. The van der Waals surface area contributed by atoms with Crippen molar-refractivity contribution >= 4 is 50.5 Å². The highest BCUT2D eigenvalue weighted by molar-refractivity contribution is 14.1. The van der Waals surface area contributed by atoms with Gasteiger partial charge in [-0.25, -0.2) is 4.68 Å². The minimum atomic E-state index is 0.0869. The SMILES string of the molecule is CC(C)(C)CNc1c(C#N)cnc2c(I)cc(C[C@H](c3cn(C4CC4)nn3)c3csc4c3CCCC4)cc12. The Balaban J connectivity index is 1.43. The van der Waals surface area contributed by atoms with Crippen molar-refractivity contribution in [3.63, 3.8) is 0 Å². The zero-order valence-corrected chi connectivity index (χ0v) is 25.2. The summed E-state index contributed by atoms with van der Waals surface area (Å²) in [7, 11) is 0. The van der Waals surface area contributed by atoms with Gasteiger partial charge in [0.1, 0.15) is 6.07 Å². The van der Waals surface area contributed by atoms with Gasteiger partial charge in [0.05, 0.1) is 28.5 Å². The number of anilines is 1. The first-order valence-corrected chi connectivity index (χ1v) is 15.5. The maximum absolute atomic E-state index is 9.88. The highest BCUT2D eigenvalue weighted by atomic mass is 127. The van der Waals surface area contributed by atoms with E-state index in [1.54, 1.807) is 16.6 Å². The molecular weight excluding hydrogens is 603 g/mol. The number of rotatable bonds is 7. The van der Waals surface area contributed by atoms with Gasteiger partial charge in [0.25, 0.3) is 0 Å². The fourth-order valence-electron chi connectivity index (χ4n) is 5.45. The fraction of sp³-hybridized carbons (Fsp3) is 0.467. The maximum Gasteiger partial charge on any atom is 0.103 e. The van der Waals surface area contributed by atoms with Crippen LogP contribution in [0.2, 0.25) is 0 Å². The second-order valence-corrected chi connectivity index (χ2v) is 14.1. The van der Waals surface area contributed by atoms with Gasteiger partial charge in [-0.2, -0.15) is 5.26 Å². The van der Waals surface area contributed by atoms with Gasteiger partial charge in [0.15, 0.2) is 0 Å². The lowest BCUT2D eigenvalue weighted by Crippen LogP contribution is -2.20. The molecule has 0 amide bonds. The quantitative estimate of drug-likeness (QED) is 0.214. The van der Waals surface area contributed by atoms with Crippen molar-refractivity contribution in [3.8, 4) is 6.07 Å². The molecule has 6 rings (SSSR count). The number of hydrogen-bond donors (Lipinski definition) is 1. The molecule has 196 valence electrons. The number of pyridine rings is 1. The Morgan fingerprint density at radius 1 is 1.24 bits per heavy atom. The predicted octanol–water partition coefficient (Wildman–Crippen LogP) is 7.41. The van der Waals surface area contributed by atoms with E-state index in [1.807, 2.05) is 11.3 Å². The van der Waals surface area contributed by atoms with Crippen LogP contribution in [0.1, 0.15) is 91.2 Å². The normalized spacial score (nSPS) is 16.3. The van der Waals surface area contributed by atoms with Gasteiger partial charge in [-0.05, 0) is 107 Å². The van der Waals surface area contributed by atoms with Gasteiger partial charge in [0, 0.05) is 38.7 Å². The molecule has 6 nitrogen and oxygen atoms in total. The Morgan fingerprint density at radius 2 is 2.05 bits per heavy atom. The van der Waals surface area contributed by atoms with Crippen LogP contribution in [-0.2, 0) is 19.3 Å². The number of halogens is 1. The summed E-state index contributed by atoms with van der Waals surface area (Å²) >= 11 is 4.32. The van der Waals surface area contributed by atoms with Crippen LogP contribution in [0.4, 0.5) is 5.69 Å². The summed E-state index contributed by atoms with van der Waals surface area (Å²) in [6.45, 7) is 7.37. The predicted molar refractivity (Wildman–Crippen MR) is 162 cm³/mol. The average molecular weight is 637 g/mol. The van der Waals surface area contributed by atoms with Crippen LogP contribution in [-0.4, -0.2) is 26.5 Å². The first-order chi connectivity index (χ1) is 18.3. The lowest BCUT2D eigenvalue weighted by molar-refractivity contribution is 0.443. The van der Waals surface area contributed by atoms with Crippen LogP contribution < -0.4 is 5.32 Å². The average Bonchev–Trinajstić information content (AvgIpc) is 3.47. The van der Waals surface area contributed by atoms with Crippen molar-refractivity contribution < 1.29 is 0 Å². The molecule has 8 heteroatoms.